The van der Waals surface area contributed by atoms with E-state index in [9.17, 15) is 9.59 Å². The Bertz CT molecular complexity index is 276. The van der Waals surface area contributed by atoms with Crippen LogP contribution in [0.1, 0.15) is 19.8 Å². The lowest BCUT2D eigenvalue weighted by Gasteiger charge is -2.28. The van der Waals surface area contributed by atoms with E-state index in [4.69, 9.17) is 16.0 Å². The number of carbonyl (C=O) groups excluding carboxylic acids is 1. The molecular weight excluding hydrogens is 214 g/mol. The average molecular weight is 233 g/mol. The molecule has 1 rings (SSSR count). The predicted octanol–water partition coefficient (Wildman–Crippen LogP) is -0.229. The van der Waals surface area contributed by atoms with Crippen molar-refractivity contribution in [3.63, 3.8) is 0 Å². The summed E-state index contributed by atoms with van der Waals surface area (Å²) in [6.45, 7) is 2.83. The molecule has 1 heterocycles. The first-order valence-electron chi connectivity index (χ1n) is 5.68. The maximum Gasteiger partial charge on any atom is 0.306 e. The molecule has 0 saturated carbocycles. The van der Waals surface area contributed by atoms with Crippen LogP contribution < -0.4 is 5.31 Å². The molecule has 6 nitrogen and oxygen atoms in total. The van der Waals surface area contributed by atoms with Gasteiger partial charge in [0.25, 0.3) is 0 Å². The highest BCUT2D eigenvalue weighted by Gasteiger charge is 2.20. The van der Waals surface area contributed by atoms with Gasteiger partial charge in [0.15, 0.2) is 0 Å². The molecule has 1 aliphatic rings. The molecule has 92 valence electrons. The summed E-state index contributed by atoms with van der Waals surface area (Å²) < 4.78 is 17.9. The number of morpholine rings is 1. The van der Waals surface area contributed by atoms with E-state index in [0.717, 1.165) is 0 Å². The van der Waals surface area contributed by atoms with Crippen LogP contribution in [0.15, 0.2) is 0 Å². The Kier molecular flexibility index (Phi) is 4.57. The topological polar surface area (TPSA) is 84.9 Å². The van der Waals surface area contributed by atoms with Crippen LogP contribution in [-0.2, 0) is 19.1 Å². The van der Waals surface area contributed by atoms with Gasteiger partial charge in [0, 0.05) is 13.1 Å². The number of aliphatic carboxylic acids is 1. The number of carboxylic acids is 1. The molecule has 2 unspecified atom stereocenters. The molecule has 6 heteroatoms. The Morgan fingerprint density at radius 3 is 2.94 bits per heavy atom. The lowest BCUT2D eigenvalue weighted by molar-refractivity contribution is -0.153. The van der Waals surface area contributed by atoms with Gasteiger partial charge in [-0.15, -0.1) is 0 Å². The normalized spacial score (nSPS) is 27.2. The smallest absolute Gasteiger partial charge is 0.306 e. The summed E-state index contributed by atoms with van der Waals surface area (Å²) >= 11 is 0. The van der Waals surface area contributed by atoms with Crippen molar-refractivity contribution in [2.75, 3.05) is 19.7 Å². The van der Waals surface area contributed by atoms with Crippen molar-refractivity contribution in [1.82, 2.24) is 5.31 Å². The summed E-state index contributed by atoms with van der Waals surface area (Å²) in [5, 5.41) is 9.75. The van der Waals surface area contributed by atoms with Crippen LogP contribution in [0.2, 0.25) is 1.41 Å². The van der Waals surface area contributed by atoms with Gasteiger partial charge in [-0.25, -0.2) is 0 Å². The Morgan fingerprint density at radius 2 is 2.31 bits per heavy atom. The Labute approximate surface area is 95.4 Å². The zero-order valence-electron chi connectivity index (χ0n) is 10.2. The van der Waals surface area contributed by atoms with Crippen molar-refractivity contribution < 1.29 is 25.6 Å². The first-order valence-corrected chi connectivity index (χ1v) is 5.24. The molecule has 0 aromatic heterocycles. The van der Waals surface area contributed by atoms with Crippen LogP contribution >= 0.6 is 0 Å². The largest absolute Gasteiger partial charge is 0.481 e. The monoisotopic (exact) mass is 233 g/mol. The molecule has 0 aliphatic carbocycles. The van der Waals surface area contributed by atoms with E-state index in [0.29, 0.717) is 13.1 Å². The van der Waals surface area contributed by atoms with Crippen molar-refractivity contribution in [1.29, 1.82) is 0 Å². The van der Waals surface area contributed by atoms with Gasteiger partial charge in [0.05, 0.1) is 18.9 Å². The van der Waals surface area contributed by atoms with Crippen LogP contribution in [0.4, 0.5) is 0 Å². The fraction of sp³-hybridized carbons (Fsp3) is 0.800. The standard InChI is InChI=1S/C10H17NO5/c1-7-4-11-5-8(16-7)6-15-10(14)3-2-9(12)13/h7-8,11H,2-6H2,1H3,(H,12,13)/i/hT. The quantitative estimate of drug-likeness (QED) is 0.638. The molecular formula is C10H17NO5. The molecule has 0 amide bonds. The highest BCUT2D eigenvalue weighted by molar-refractivity contribution is 5.76. The number of carbonyl (C=O) groups is 2. The van der Waals surface area contributed by atoms with Gasteiger partial charge in [-0.05, 0) is 6.92 Å². The molecule has 1 fully saturated rings. The van der Waals surface area contributed by atoms with Crippen molar-refractivity contribution >= 4 is 11.9 Å². The second-order valence-electron chi connectivity index (χ2n) is 3.73. The number of nitrogens with one attached hydrogen (secondary N) is 1. The van der Waals surface area contributed by atoms with Gasteiger partial charge in [-0.3, -0.25) is 9.59 Å². The Balaban J connectivity index is 2.21. The number of hydrogen-bond acceptors (Lipinski definition) is 5. The van der Waals surface area contributed by atoms with E-state index in [1.165, 1.54) is 5.31 Å². The van der Waals surface area contributed by atoms with Crippen molar-refractivity contribution in [3.05, 3.63) is 0 Å². The second kappa shape index (κ2) is 6.44. The third kappa shape index (κ3) is 5.09. The summed E-state index contributed by atoms with van der Waals surface area (Å²) in [5.74, 6) is -1.58. The van der Waals surface area contributed by atoms with E-state index in [2.05, 4.69) is 0 Å². The third-order valence-corrected chi connectivity index (χ3v) is 2.12. The third-order valence-electron chi connectivity index (χ3n) is 2.12. The number of ether oxygens (including phenoxy) is 2. The molecule has 16 heavy (non-hydrogen) atoms. The summed E-state index contributed by atoms with van der Waals surface area (Å²) in [4.78, 5) is 21.4. The number of esters is 1. The summed E-state index contributed by atoms with van der Waals surface area (Å²) in [7, 11) is 0. The van der Waals surface area contributed by atoms with E-state index in [-0.39, 0.29) is 31.7 Å². The van der Waals surface area contributed by atoms with E-state index in [1.807, 2.05) is 6.92 Å². The minimum Gasteiger partial charge on any atom is -0.481 e. The number of carboxylic acid groups (broad SMARTS) is 1. The number of rotatable bonds is 5. The maximum absolute atomic E-state index is 11.2. The van der Waals surface area contributed by atoms with Crippen LogP contribution in [0, 0.1) is 0 Å². The predicted molar refractivity (Wildman–Crippen MR) is 55.0 cm³/mol. The Hall–Kier alpha value is -1.14. The summed E-state index contributed by atoms with van der Waals surface area (Å²) in [6.07, 6.45) is -0.748. The minimum atomic E-state index is -1.03. The molecule has 2 atom stereocenters. The first kappa shape index (κ1) is 11.3. The zero-order chi connectivity index (χ0) is 12.8. The highest BCUT2D eigenvalue weighted by Crippen LogP contribution is 2.04. The second-order valence-corrected chi connectivity index (χ2v) is 3.73. The van der Waals surface area contributed by atoms with Crippen LogP contribution in [-0.4, -0.2) is 48.9 Å². The van der Waals surface area contributed by atoms with Crippen molar-refractivity contribution in [3.8, 4) is 0 Å². The van der Waals surface area contributed by atoms with Crippen LogP contribution in [0.5, 0.6) is 0 Å². The molecule has 0 spiro atoms. The van der Waals surface area contributed by atoms with Gasteiger partial charge in [0.2, 0.25) is 0 Å². The molecule has 1 aliphatic heterocycles. The first-order chi connectivity index (χ1) is 7.97. The highest BCUT2D eigenvalue weighted by atomic mass is 16.6. The lowest BCUT2D eigenvalue weighted by atomic mass is 10.2. The SMILES string of the molecule is [3H]N1CC(C)OC(COC(=O)CCC(=O)O)C1. The minimum absolute atomic E-state index is 0.0658. The van der Waals surface area contributed by atoms with Crippen molar-refractivity contribution in [2.45, 2.75) is 32.0 Å². The fourth-order valence-corrected chi connectivity index (χ4v) is 1.37. The molecule has 0 bridgehead atoms. The molecule has 1 saturated heterocycles. The summed E-state index contributed by atoms with van der Waals surface area (Å²) in [6, 6.07) is 0. The van der Waals surface area contributed by atoms with Gasteiger partial charge in [-0.1, -0.05) is 0 Å². The lowest BCUT2D eigenvalue weighted by Crippen LogP contribution is -2.45. The van der Waals surface area contributed by atoms with Gasteiger partial charge in [-0.2, -0.15) is 0 Å². The molecule has 0 aromatic rings. The maximum atomic E-state index is 11.2. The van der Waals surface area contributed by atoms with Crippen molar-refractivity contribution in [2.24, 2.45) is 0 Å². The van der Waals surface area contributed by atoms with Crippen LogP contribution in [0.25, 0.3) is 0 Å². The molecule has 2 N–H and O–H groups in total. The number of hydrogen-bond donors (Lipinski definition) is 2. The molecule has 0 aromatic carbocycles. The van der Waals surface area contributed by atoms with E-state index >= 15 is 0 Å². The fourth-order valence-electron chi connectivity index (χ4n) is 1.37. The Morgan fingerprint density at radius 1 is 1.56 bits per heavy atom. The van der Waals surface area contributed by atoms with Gasteiger partial charge < -0.3 is 19.9 Å². The molecule has 0 radical (unpaired) electrons. The zero-order valence-corrected chi connectivity index (χ0v) is 9.22. The van der Waals surface area contributed by atoms with Crippen LogP contribution in [0.3, 0.4) is 0 Å². The van der Waals surface area contributed by atoms with Gasteiger partial charge >= 0.3 is 11.9 Å². The van der Waals surface area contributed by atoms with E-state index < -0.39 is 11.9 Å². The average Bonchev–Trinajstić information content (AvgIpc) is 2.22. The van der Waals surface area contributed by atoms with Gasteiger partial charge in [0.1, 0.15) is 14.1 Å². The summed E-state index contributed by atoms with van der Waals surface area (Å²) in [5.41, 5.74) is 0. The van der Waals surface area contributed by atoms with E-state index in [1.54, 1.807) is 0 Å².